The Morgan fingerprint density at radius 1 is 1.06 bits per heavy atom. The Hall–Kier alpha value is -0.780. The lowest BCUT2D eigenvalue weighted by atomic mass is 9.95. The third-order valence-corrected chi connectivity index (χ3v) is 3.72. The zero-order valence-corrected chi connectivity index (χ0v) is 11.1. The molecule has 0 nitrogen and oxygen atoms in total. The van der Waals surface area contributed by atoms with Crippen molar-refractivity contribution in [2.45, 2.75) is 52.9 Å². The molecule has 0 spiro atoms. The van der Waals surface area contributed by atoms with Gasteiger partial charge in [-0.15, -0.1) is 0 Å². The molecule has 1 atom stereocenters. The van der Waals surface area contributed by atoms with Crippen LogP contribution in [0.5, 0.6) is 0 Å². The van der Waals surface area contributed by atoms with Crippen LogP contribution in [0.4, 0.5) is 0 Å². The second-order valence-corrected chi connectivity index (χ2v) is 6.09. The standard InChI is InChI=1S/C16H24/c1-11(2)7-13-8-15-6-5-14(12(3)4)10-16(15)9-13/h5-6,10-13H,7-9H2,1-4H3. The monoisotopic (exact) mass is 216 g/mol. The molecule has 2 rings (SSSR count). The average molecular weight is 216 g/mol. The first-order chi connectivity index (χ1) is 7.56. The molecule has 1 unspecified atom stereocenters. The minimum atomic E-state index is 0.662. The summed E-state index contributed by atoms with van der Waals surface area (Å²) >= 11 is 0. The topological polar surface area (TPSA) is 0 Å². The van der Waals surface area contributed by atoms with Crippen LogP contribution in [-0.4, -0.2) is 0 Å². The van der Waals surface area contributed by atoms with Gasteiger partial charge in [-0.3, -0.25) is 0 Å². The zero-order valence-electron chi connectivity index (χ0n) is 11.1. The number of hydrogen-bond acceptors (Lipinski definition) is 0. The van der Waals surface area contributed by atoms with Crippen LogP contribution in [0.15, 0.2) is 18.2 Å². The lowest BCUT2D eigenvalue weighted by molar-refractivity contribution is 0.426. The number of fused-ring (bicyclic) bond motifs is 1. The van der Waals surface area contributed by atoms with E-state index in [4.69, 9.17) is 0 Å². The van der Waals surface area contributed by atoms with E-state index in [1.165, 1.54) is 24.8 Å². The molecule has 1 aliphatic carbocycles. The van der Waals surface area contributed by atoms with E-state index in [9.17, 15) is 0 Å². The molecule has 0 radical (unpaired) electrons. The summed E-state index contributed by atoms with van der Waals surface area (Å²) < 4.78 is 0. The Balaban J connectivity index is 2.12. The maximum Gasteiger partial charge on any atom is -0.0219 e. The number of benzene rings is 1. The van der Waals surface area contributed by atoms with E-state index in [2.05, 4.69) is 45.9 Å². The van der Waals surface area contributed by atoms with E-state index in [0.717, 1.165) is 11.8 Å². The molecule has 1 aliphatic rings. The van der Waals surface area contributed by atoms with Crippen LogP contribution >= 0.6 is 0 Å². The van der Waals surface area contributed by atoms with Gasteiger partial charge in [0, 0.05) is 0 Å². The Morgan fingerprint density at radius 3 is 2.38 bits per heavy atom. The maximum absolute atomic E-state index is 2.44. The predicted octanol–water partition coefficient (Wildman–Crippen LogP) is 4.57. The molecule has 0 saturated heterocycles. The van der Waals surface area contributed by atoms with Gasteiger partial charge in [0.15, 0.2) is 0 Å². The Labute approximate surface area is 100 Å². The molecule has 0 fully saturated rings. The van der Waals surface area contributed by atoms with Gasteiger partial charge in [-0.1, -0.05) is 45.9 Å². The molecule has 0 heteroatoms. The van der Waals surface area contributed by atoms with E-state index in [-0.39, 0.29) is 0 Å². The van der Waals surface area contributed by atoms with Gasteiger partial charge in [0.2, 0.25) is 0 Å². The second kappa shape index (κ2) is 4.61. The summed E-state index contributed by atoms with van der Waals surface area (Å²) in [5, 5.41) is 0. The fourth-order valence-electron chi connectivity index (χ4n) is 2.92. The summed E-state index contributed by atoms with van der Waals surface area (Å²) in [6.45, 7) is 9.23. The Morgan fingerprint density at radius 2 is 1.75 bits per heavy atom. The van der Waals surface area contributed by atoms with E-state index in [1.807, 2.05) is 0 Å². The second-order valence-electron chi connectivity index (χ2n) is 6.09. The smallest absolute Gasteiger partial charge is 0.0219 e. The fraction of sp³-hybridized carbons (Fsp3) is 0.625. The largest absolute Gasteiger partial charge is 0.0628 e. The van der Waals surface area contributed by atoms with Crippen molar-refractivity contribution in [3.8, 4) is 0 Å². The highest BCUT2D eigenvalue weighted by atomic mass is 14.3. The third kappa shape index (κ3) is 2.48. The van der Waals surface area contributed by atoms with Crippen LogP contribution in [0.3, 0.4) is 0 Å². The highest BCUT2D eigenvalue weighted by Gasteiger charge is 2.22. The van der Waals surface area contributed by atoms with Crippen molar-refractivity contribution in [3.05, 3.63) is 34.9 Å². The van der Waals surface area contributed by atoms with Gasteiger partial charge < -0.3 is 0 Å². The van der Waals surface area contributed by atoms with E-state index in [0.29, 0.717) is 5.92 Å². The van der Waals surface area contributed by atoms with Crippen LogP contribution in [0.25, 0.3) is 0 Å². The van der Waals surface area contributed by atoms with Crippen LogP contribution in [0.2, 0.25) is 0 Å². The van der Waals surface area contributed by atoms with Crippen molar-refractivity contribution in [1.29, 1.82) is 0 Å². The van der Waals surface area contributed by atoms with Gasteiger partial charge in [0.1, 0.15) is 0 Å². The van der Waals surface area contributed by atoms with Crippen LogP contribution < -0.4 is 0 Å². The molecule has 0 saturated carbocycles. The SMILES string of the molecule is CC(C)CC1Cc2ccc(C(C)C)cc2C1. The summed E-state index contributed by atoms with van der Waals surface area (Å²) in [7, 11) is 0. The van der Waals surface area contributed by atoms with Crippen molar-refractivity contribution in [1.82, 2.24) is 0 Å². The predicted molar refractivity (Wildman–Crippen MR) is 70.9 cm³/mol. The first kappa shape index (κ1) is 11.7. The maximum atomic E-state index is 2.44. The van der Waals surface area contributed by atoms with Gasteiger partial charge in [-0.05, 0) is 53.7 Å². The van der Waals surface area contributed by atoms with Gasteiger partial charge in [0.05, 0.1) is 0 Å². The van der Waals surface area contributed by atoms with Crippen molar-refractivity contribution in [3.63, 3.8) is 0 Å². The highest BCUT2D eigenvalue weighted by molar-refractivity contribution is 5.37. The molecule has 1 aromatic rings. The van der Waals surface area contributed by atoms with Crippen molar-refractivity contribution < 1.29 is 0 Å². The average Bonchev–Trinajstić information content (AvgIpc) is 2.56. The Bertz CT molecular complexity index is 360. The van der Waals surface area contributed by atoms with Gasteiger partial charge in [0.25, 0.3) is 0 Å². The summed E-state index contributed by atoms with van der Waals surface area (Å²) in [4.78, 5) is 0. The molecule has 0 bridgehead atoms. The van der Waals surface area contributed by atoms with Crippen LogP contribution in [0, 0.1) is 11.8 Å². The summed E-state index contributed by atoms with van der Waals surface area (Å²) in [5.74, 6) is 2.40. The number of rotatable bonds is 3. The van der Waals surface area contributed by atoms with E-state index < -0.39 is 0 Å². The van der Waals surface area contributed by atoms with Gasteiger partial charge in [-0.2, -0.15) is 0 Å². The third-order valence-electron chi connectivity index (χ3n) is 3.72. The Kier molecular flexibility index (Phi) is 3.37. The number of hydrogen-bond donors (Lipinski definition) is 0. The van der Waals surface area contributed by atoms with Crippen molar-refractivity contribution in [2.24, 2.45) is 11.8 Å². The molecule has 0 heterocycles. The summed E-state index contributed by atoms with van der Waals surface area (Å²) in [5.41, 5.74) is 4.73. The zero-order chi connectivity index (χ0) is 11.7. The van der Waals surface area contributed by atoms with E-state index >= 15 is 0 Å². The molecule has 0 aromatic heterocycles. The normalized spacial score (nSPS) is 19.5. The van der Waals surface area contributed by atoms with Gasteiger partial charge >= 0.3 is 0 Å². The fourth-order valence-corrected chi connectivity index (χ4v) is 2.92. The van der Waals surface area contributed by atoms with Crippen LogP contribution in [-0.2, 0) is 12.8 Å². The molecular formula is C16H24. The van der Waals surface area contributed by atoms with Crippen molar-refractivity contribution in [2.75, 3.05) is 0 Å². The summed E-state index contributed by atoms with van der Waals surface area (Å²) in [6, 6.07) is 7.13. The minimum Gasteiger partial charge on any atom is -0.0628 e. The quantitative estimate of drug-likeness (QED) is 0.694. The molecule has 0 aliphatic heterocycles. The lowest BCUT2D eigenvalue weighted by Gasteiger charge is -2.11. The lowest BCUT2D eigenvalue weighted by Crippen LogP contribution is -2.03. The molecular weight excluding hydrogens is 192 g/mol. The first-order valence-electron chi connectivity index (χ1n) is 6.68. The minimum absolute atomic E-state index is 0.662. The molecule has 0 amide bonds. The van der Waals surface area contributed by atoms with Crippen LogP contribution in [0.1, 0.15) is 56.7 Å². The van der Waals surface area contributed by atoms with E-state index in [1.54, 1.807) is 11.1 Å². The van der Waals surface area contributed by atoms with Gasteiger partial charge in [-0.25, -0.2) is 0 Å². The molecule has 1 aromatic carbocycles. The van der Waals surface area contributed by atoms with Crippen molar-refractivity contribution >= 4 is 0 Å². The molecule has 0 N–H and O–H groups in total. The molecule has 16 heavy (non-hydrogen) atoms. The highest BCUT2D eigenvalue weighted by Crippen LogP contribution is 2.32. The molecule has 88 valence electrons. The first-order valence-corrected chi connectivity index (χ1v) is 6.68. The summed E-state index contributed by atoms with van der Waals surface area (Å²) in [6.07, 6.45) is 4.01.